The van der Waals surface area contributed by atoms with Crippen molar-refractivity contribution >= 4 is 0 Å². The van der Waals surface area contributed by atoms with Crippen molar-refractivity contribution < 1.29 is 17.9 Å². The van der Waals surface area contributed by atoms with E-state index in [4.69, 9.17) is 5.84 Å². The molecule has 0 aromatic heterocycles. The minimum absolute atomic E-state index is 0.0551. The summed E-state index contributed by atoms with van der Waals surface area (Å²) < 4.78 is 37.1. The first-order valence-corrected chi connectivity index (χ1v) is 2.58. The van der Waals surface area contributed by atoms with Gasteiger partial charge in [0.05, 0.1) is 6.61 Å². The fourth-order valence-electron chi connectivity index (χ4n) is 0.305. The summed E-state index contributed by atoms with van der Waals surface area (Å²) in [4.78, 5) is 0. The molecule has 2 N–H and O–H groups in total. The molecule has 0 spiro atoms. The van der Waals surface area contributed by atoms with Crippen LogP contribution in [0.3, 0.4) is 0 Å². The fourth-order valence-corrected chi connectivity index (χ4v) is 0.305. The Balaban J connectivity index is 3.21. The van der Waals surface area contributed by atoms with Crippen molar-refractivity contribution in [1.82, 2.24) is 5.01 Å². The van der Waals surface area contributed by atoms with Crippen molar-refractivity contribution in [3.05, 3.63) is 0 Å². The lowest BCUT2D eigenvalue weighted by molar-refractivity contribution is -0.324. The number of nitrogens with two attached hydrogens (primary N) is 1. The molecule has 0 bridgehead atoms. The first kappa shape index (κ1) is 9.67. The molecule has 10 heavy (non-hydrogen) atoms. The second-order valence-corrected chi connectivity index (χ2v) is 1.77. The van der Waals surface area contributed by atoms with E-state index in [0.717, 1.165) is 5.01 Å². The van der Waals surface area contributed by atoms with Crippen molar-refractivity contribution in [1.29, 1.82) is 0 Å². The molecule has 0 heterocycles. The van der Waals surface area contributed by atoms with Gasteiger partial charge in [-0.1, -0.05) is 0 Å². The minimum atomic E-state index is -4.55. The van der Waals surface area contributed by atoms with E-state index >= 15 is 0 Å². The Morgan fingerprint density at radius 3 is 2.30 bits per heavy atom. The monoisotopic (exact) mass is 158 g/mol. The van der Waals surface area contributed by atoms with E-state index in [1.807, 2.05) is 0 Å². The fraction of sp³-hybridized carbons (Fsp3) is 1.00. The van der Waals surface area contributed by atoms with Crippen molar-refractivity contribution in [2.75, 3.05) is 20.2 Å². The van der Waals surface area contributed by atoms with Gasteiger partial charge in [0.25, 0.3) is 0 Å². The third-order valence-electron chi connectivity index (χ3n) is 0.710. The van der Waals surface area contributed by atoms with E-state index in [1.165, 1.54) is 7.05 Å². The number of hydrogen-bond donors (Lipinski definition) is 1. The predicted octanol–water partition coefficient (Wildman–Crippen LogP) is 0.328. The van der Waals surface area contributed by atoms with Crippen LogP contribution in [0.2, 0.25) is 0 Å². The zero-order valence-corrected chi connectivity index (χ0v) is 5.48. The highest BCUT2D eigenvalue weighted by Gasteiger charge is 2.28. The third-order valence-corrected chi connectivity index (χ3v) is 0.710. The van der Waals surface area contributed by atoms with Crippen molar-refractivity contribution in [3.63, 3.8) is 0 Å². The molecule has 0 fully saturated rings. The van der Waals surface area contributed by atoms with Gasteiger partial charge in [-0.15, -0.1) is 13.2 Å². The summed E-state index contributed by atoms with van der Waals surface area (Å²) in [5.41, 5.74) is 0. The molecule has 0 amide bonds. The van der Waals surface area contributed by atoms with Crippen molar-refractivity contribution in [2.45, 2.75) is 6.36 Å². The lowest BCUT2D eigenvalue weighted by Gasteiger charge is -2.10. The third kappa shape index (κ3) is 7.67. The maximum atomic E-state index is 11.2. The molecule has 0 aromatic carbocycles. The quantitative estimate of drug-likeness (QED) is 0.475. The lowest BCUT2D eigenvalue weighted by atomic mass is 10.7. The summed E-state index contributed by atoms with van der Waals surface area (Å²) in [7, 11) is 1.46. The first-order chi connectivity index (χ1) is 4.42. The molecule has 0 saturated heterocycles. The lowest BCUT2D eigenvalue weighted by Crippen LogP contribution is -2.31. The van der Waals surface area contributed by atoms with E-state index in [9.17, 15) is 13.2 Å². The maximum Gasteiger partial charge on any atom is 0.522 e. The van der Waals surface area contributed by atoms with Crippen LogP contribution in [0.15, 0.2) is 0 Å². The van der Waals surface area contributed by atoms with Crippen LogP contribution in [-0.2, 0) is 4.74 Å². The zero-order valence-electron chi connectivity index (χ0n) is 5.48. The number of ether oxygens (including phenoxy) is 1. The van der Waals surface area contributed by atoms with Crippen LogP contribution < -0.4 is 5.84 Å². The molecule has 0 aliphatic rings. The highest BCUT2D eigenvalue weighted by molar-refractivity contribution is 4.37. The van der Waals surface area contributed by atoms with Crippen LogP contribution >= 0.6 is 0 Å². The Bertz CT molecular complexity index is 93.0. The number of nitrogens with zero attached hydrogens (tertiary/aromatic N) is 1. The maximum absolute atomic E-state index is 11.2. The van der Waals surface area contributed by atoms with Gasteiger partial charge in [-0.2, -0.15) is 0 Å². The van der Waals surface area contributed by atoms with Gasteiger partial charge in [0.1, 0.15) is 0 Å². The van der Waals surface area contributed by atoms with Crippen molar-refractivity contribution in [2.24, 2.45) is 5.84 Å². The van der Waals surface area contributed by atoms with Crippen LogP contribution in [0.5, 0.6) is 0 Å². The van der Waals surface area contributed by atoms with Crippen LogP contribution in [-0.4, -0.2) is 31.6 Å². The average Bonchev–Trinajstić information content (AvgIpc) is 1.59. The van der Waals surface area contributed by atoms with Crippen LogP contribution in [0.25, 0.3) is 0 Å². The Kier molecular flexibility index (Phi) is 3.62. The van der Waals surface area contributed by atoms with E-state index in [1.54, 1.807) is 0 Å². The average molecular weight is 158 g/mol. The molecule has 0 atom stereocenters. The largest absolute Gasteiger partial charge is 0.522 e. The van der Waals surface area contributed by atoms with Gasteiger partial charge in [0, 0.05) is 13.6 Å². The molecular formula is C4H9F3N2O. The smallest absolute Gasteiger partial charge is 0.291 e. The zero-order chi connectivity index (χ0) is 8.20. The Morgan fingerprint density at radius 2 is 2.00 bits per heavy atom. The predicted molar refractivity (Wildman–Crippen MR) is 28.8 cm³/mol. The molecule has 0 saturated carbocycles. The molecule has 0 aliphatic carbocycles. The summed E-state index contributed by atoms with van der Waals surface area (Å²) in [6.07, 6.45) is -4.55. The molecular weight excluding hydrogens is 149 g/mol. The number of likely N-dealkylation sites (N-methyl/N-ethyl adjacent to an activating group) is 1. The summed E-state index contributed by atoms with van der Waals surface area (Å²) in [6, 6.07) is 0. The molecule has 62 valence electrons. The first-order valence-electron chi connectivity index (χ1n) is 2.58. The summed E-state index contributed by atoms with van der Waals surface area (Å²) >= 11 is 0. The molecule has 3 nitrogen and oxygen atoms in total. The normalized spacial score (nSPS) is 12.6. The Labute approximate surface area is 56.5 Å². The second-order valence-electron chi connectivity index (χ2n) is 1.77. The highest BCUT2D eigenvalue weighted by Crippen LogP contribution is 2.15. The standard InChI is InChI=1S/C4H9F3N2O/c1-9(8)2-3-10-4(5,6)7/h2-3,8H2,1H3. The SMILES string of the molecule is CN(N)CCOC(F)(F)F. The minimum Gasteiger partial charge on any atom is -0.291 e. The Morgan fingerprint density at radius 1 is 1.50 bits per heavy atom. The van der Waals surface area contributed by atoms with Gasteiger partial charge in [-0.3, -0.25) is 10.6 Å². The second kappa shape index (κ2) is 3.75. The summed E-state index contributed by atoms with van der Waals surface area (Å²) in [5, 5.41) is 1.12. The summed E-state index contributed by atoms with van der Waals surface area (Å²) in [6.45, 7) is -0.379. The van der Waals surface area contributed by atoms with Crippen molar-refractivity contribution in [3.8, 4) is 0 Å². The van der Waals surface area contributed by atoms with Crippen LogP contribution in [0.1, 0.15) is 0 Å². The van der Waals surface area contributed by atoms with Crippen LogP contribution in [0.4, 0.5) is 13.2 Å². The van der Waals surface area contributed by atoms with Gasteiger partial charge in [0.15, 0.2) is 0 Å². The van der Waals surface area contributed by atoms with E-state index in [-0.39, 0.29) is 6.54 Å². The molecule has 0 aliphatic heterocycles. The molecule has 6 heteroatoms. The van der Waals surface area contributed by atoms with Gasteiger partial charge in [0.2, 0.25) is 0 Å². The van der Waals surface area contributed by atoms with E-state index < -0.39 is 13.0 Å². The number of halogens is 3. The van der Waals surface area contributed by atoms with Gasteiger partial charge < -0.3 is 0 Å². The Hall–Kier alpha value is -0.330. The van der Waals surface area contributed by atoms with Crippen LogP contribution in [0, 0.1) is 0 Å². The topological polar surface area (TPSA) is 38.5 Å². The number of alkyl halides is 3. The molecule has 0 unspecified atom stereocenters. The molecule has 0 aromatic rings. The van der Waals surface area contributed by atoms with Gasteiger partial charge in [-0.05, 0) is 0 Å². The van der Waals surface area contributed by atoms with Gasteiger partial charge >= 0.3 is 6.36 Å². The number of hydrogen-bond acceptors (Lipinski definition) is 3. The highest BCUT2D eigenvalue weighted by atomic mass is 19.4. The van der Waals surface area contributed by atoms with E-state index in [0.29, 0.717) is 0 Å². The number of hydrazine groups is 1. The molecule has 0 rings (SSSR count). The number of rotatable bonds is 3. The van der Waals surface area contributed by atoms with Gasteiger partial charge in [-0.25, -0.2) is 5.01 Å². The molecule has 0 radical (unpaired) electrons. The summed E-state index contributed by atoms with van der Waals surface area (Å²) in [5.74, 6) is 5.01. The van der Waals surface area contributed by atoms with E-state index in [2.05, 4.69) is 4.74 Å².